The number of aryl methyl sites for hydroxylation is 1. The maximum absolute atomic E-state index is 13.5. The predicted octanol–water partition coefficient (Wildman–Crippen LogP) is 2.91. The summed E-state index contributed by atoms with van der Waals surface area (Å²) in [4.78, 5) is 4.16. The number of para-hydroxylation sites is 1. The first-order chi connectivity index (χ1) is 11.1. The Hall–Kier alpha value is -1.77. The number of aromatic nitrogens is 1. The van der Waals surface area contributed by atoms with Crippen LogP contribution in [0.15, 0.2) is 47.7 Å². The Bertz CT molecular complexity index is 660. The van der Waals surface area contributed by atoms with Gasteiger partial charge in [-0.2, -0.15) is 0 Å². The number of hydrogen-bond donors (Lipinski definition) is 2. The first-order valence-corrected chi connectivity index (χ1v) is 7.55. The van der Waals surface area contributed by atoms with Gasteiger partial charge in [-0.05, 0) is 30.7 Å². The van der Waals surface area contributed by atoms with Crippen molar-refractivity contribution in [2.45, 2.75) is 19.6 Å². The molecule has 1 aromatic carbocycles. The molecule has 2 N–H and O–H groups in total. The predicted molar refractivity (Wildman–Crippen MR) is 106 cm³/mol. The van der Waals surface area contributed by atoms with Crippen molar-refractivity contribution in [3.63, 3.8) is 0 Å². The van der Waals surface area contributed by atoms with Gasteiger partial charge < -0.3 is 19.9 Å². The third-order valence-corrected chi connectivity index (χ3v) is 3.30. The Morgan fingerprint density at radius 2 is 2.04 bits per heavy atom. The van der Waals surface area contributed by atoms with Gasteiger partial charge in [0.05, 0.1) is 6.54 Å². The van der Waals surface area contributed by atoms with Gasteiger partial charge in [0.2, 0.25) is 0 Å². The second-order valence-corrected chi connectivity index (χ2v) is 5.35. The minimum Gasteiger partial charge on any atom is -0.486 e. The number of hydrogen-bond acceptors (Lipinski definition) is 2. The van der Waals surface area contributed by atoms with Gasteiger partial charge in [0.1, 0.15) is 6.10 Å². The van der Waals surface area contributed by atoms with Crippen molar-refractivity contribution < 1.29 is 9.13 Å². The summed E-state index contributed by atoms with van der Waals surface area (Å²) in [5, 5.41) is 6.40. The normalized spacial score (nSPS) is 12.2. The van der Waals surface area contributed by atoms with Crippen LogP contribution in [0.1, 0.15) is 12.5 Å². The van der Waals surface area contributed by atoms with Crippen molar-refractivity contribution in [2.24, 2.45) is 12.0 Å². The molecule has 2 aromatic rings. The van der Waals surface area contributed by atoms with E-state index in [1.165, 1.54) is 11.6 Å². The highest BCUT2D eigenvalue weighted by Crippen LogP contribution is 2.16. The Kier molecular flexibility index (Phi) is 8.59. The highest BCUT2D eigenvalue weighted by Gasteiger charge is 2.08. The zero-order valence-corrected chi connectivity index (χ0v) is 16.5. The van der Waals surface area contributed by atoms with E-state index in [0.717, 1.165) is 0 Å². The summed E-state index contributed by atoms with van der Waals surface area (Å²) in [5.41, 5.74) is 1.17. The molecule has 0 amide bonds. The first kappa shape index (κ1) is 20.3. The summed E-state index contributed by atoms with van der Waals surface area (Å²) in [6.45, 7) is 3.08. The molecule has 0 radical (unpaired) electrons. The van der Waals surface area contributed by atoms with E-state index < -0.39 is 0 Å². The minimum absolute atomic E-state index is 0. The number of aliphatic imine (C=N–C) groups is 1. The van der Waals surface area contributed by atoms with E-state index in [9.17, 15) is 4.39 Å². The van der Waals surface area contributed by atoms with Gasteiger partial charge in [-0.15, -0.1) is 24.0 Å². The molecule has 1 atom stereocenters. The van der Waals surface area contributed by atoms with Crippen LogP contribution in [0.3, 0.4) is 0 Å². The number of halogens is 2. The van der Waals surface area contributed by atoms with Crippen LogP contribution in [0.2, 0.25) is 0 Å². The number of ether oxygens (including phenoxy) is 1. The zero-order valence-electron chi connectivity index (χ0n) is 14.1. The monoisotopic (exact) mass is 446 g/mol. The van der Waals surface area contributed by atoms with Gasteiger partial charge in [-0.25, -0.2) is 4.39 Å². The fourth-order valence-corrected chi connectivity index (χ4v) is 2.11. The van der Waals surface area contributed by atoms with Crippen LogP contribution in [0.25, 0.3) is 0 Å². The van der Waals surface area contributed by atoms with Gasteiger partial charge in [-0.1, -0.05) is 12.1 Å². The van der Waals surface area contributed by atoms with E-state index in [1.807, 2.05) is 37.0 Å². The minimum atomic E-state index is -0.356. The quantitative estimate of drug-likeness (QED) is 0.408. The lowest BCUT2D eigenvalue weighted by Gasteiger charge is -2.18. The van der Waals surface area contributed by atoms with Crippen LogP contribution < -0.4 is 15.4 Å². The SMILES string of the molecule is CN=C(NCc1ccn(C)c1)NCC(C)Oc1ccccc1F.I. The molecule has 5 nitrogen and oxygen atoms in total. The molecule has 0 aliphatic heterocycles. The third kappa shape index (κ3) is 6.38. The van der Waals surface area contributed by atoms with E-state index in [1.54, 1.807) is 25.2 Å². The van der Waals surface area contributed by atoms with Gasteiger partial charge in [0.25, 0.3) is 0 Å². The van der Waals surface area contributed by atoms with E-state index in [4.69, 9.17) is 4.74 Å². The Labute approximate surface area is 159 Å². The van der Waals surface area contributed by atoms with E-state index in [2.05, 4.69) is 15.6 Å². The summed E-state index contributed by atoms with van der Waals surface area (Å²) >= 11 is 0. The molecule has 0 aliphatic carbocycles. The van der Waals surface area contributed by atoms with Crippen LogP contribution in [0, 0.1) is 5.82 Å². The first-order valence-electron chi connectivity index (χ1n) is 7.55. The van der Waals surface area contributed by atoms with Crippen LogP contribution in [-0.4, -0.2) is 30.2 Å². The van der Waals surface area contributed by atoms with Crippen LogP contribution >= 0.6 is 24.0 Å². The van der Waals surface area contributed by atoms with Gasteiger partial charge >= 0.3 is 0 Å². The molecular formula is C17H24FIN4O. The number of benzene rings is 1. The van der Waals surface area contributed by atoms with Gasteiger partial charge in [-0.3, -0.25) is 4.99 Å². The topological polar surface area (TPSA) is 50.6 Å². The van der Waals surface area contributed by atoms with E-state index >= 15 is 0 Å². The summed E-state index contributed by atoms with van der Waals surface area (Å²) in [6.07, 6.45) is 3.85. The fourth-order valence-electron chi connectivity index (χ4n) is 2.11. The van der Waals surface area contributed by atoms with Crippen molar-refractivity contribution in [1.29, 1.82) is 0 Å². The lowest BCUT2D eigenvalue weighted by atomic mass is 10.3. The molecular weight excluding hydrogens is 422 g/mol. The Morgan fingerprint density at radius 3 is 2.67 bits per heavy atom. The molecule has 2 rings (SSSR count). The standard InChI is InChI=1S/C17H23FN4O.HI/c1-13(23-16-7-5-4-6-15(16)18)10-20-17(19-2)21-11-14-8-9-22(3)12-14;/h4-9,12-13H,10-11H2,1-3H3,(H2,19,20,21);1H. The number of nitrogens with zero attached hydrogens (tertiary/aromatic N) is 2. The van der Waals surface area contributed by atoms with Crippen LogP contribution in [0.5, 0.6) is 5.75 Å². The lowest BCUT2D eigenvalue weighted by Crippen LogP contribution is -2.41. The number of rotatable bonds is 6. The van der Waals surface area contributed by atoms with Crippen molar-refractivity contribution in [3.8, 4) is 5.75 Å². The summed E-state index contributed by atoms with van der Waals surface area (Å²) < 4.78 is 21.1. The second kappa shape index (κ2) is 10.2. The molecule has 1 aromatic heterocycles. The zero-order chi connectivity index (χ0) is 16.7. The molecule has 0 bridgehead atoms. The molecule has 1 heterocycles. The van der Waals surface area contributed by atoms with Crippen LogP contribution in [0.4, 0.5) is 4.39 Å². The van der Waals surface area contributed by atoms with Gasteiger partial charge in [0.15, 0.2) is 17.5 Å². The van der Waals surface area contributed by atoms with Crippen molar-refractivity contribution >= 4 is 29.9 Å². The van der Waals surface area contributed by atoms with E-state index in [0.29, 0.717) is 19.0 Å². The fraction of sp³-hybridized carbons (Fsp3) is 0.353. The molecule has 0 fully saturated rings. The average Bonchev–Trinajstić information content (AvgIpc) is 2.95. The summed E-state index contributed by atoms with van der Waals surface area (Å²) in [7, 11) is 3.70. The largest absolute Gasteiger partial charge is 0.486 e. The molecule has 7 heteroatoms. The summed E-state index contributed by atoms with van der Waals surface area (Å²) in [6, 6.07) is 8.44. The highest BCUT2D eigenvalue weighted by molar-refractivity contribution is 14.0. The molecule has 0 aliphatic rings. The maximum Gasteiger partial charge on any atom is 0.191 e. The van der Waals surface area contributed by atoms with Crippen molar-refractivity contribution in [2.75, 3.05) is 13.6 Å². The van der Waals surface area contributed by atoms with Crippen molar-refractivity contribution in [1.82, 2.24) is 15.2 Å². The smallest absolute Gasteiger partial charge is 0.191 e. The molecule has 1 unspecified atom stereocenters. The van der Waals surface area contributed by atoms with Crippen molar-refractivity contribution in [3.05, 3.63) is 54.1 Å². The molecule has 0 saturated heterocycles. The average molecular weight is 446 g/mol. The lowest BCUT2D eigenvalue weighted by molar-refractivity contribution is 0.214. The van der Waals surface area contributed by atoms with E-state index in [-0.39, 0.29) is 41.6 Å². The Morgan fingerprint density at radius 1 is 1.29 bits per heavy atom. The third-order valence-electron chi connectivity index (χ3n) is 3.30. The second-order valence-electron chi connectivity index (χ2n) is 5.35. The summed E-state index contributed by atoms with van der Waals surface area (Å²) in [5.74, 6) is 0.581. The molecule has 24 heavy (non-hydrogen) atoms. The molecule has 132 valence electrons. The Balaban J connectivity index is 0.00000288. The molecule has 0 spiro atoms. The number of nitrogens with one attached hydrogen (secondary N) is 2. The highest BCUT2D eigenvalue weighted by atomic mass is 127. The van der Waals surface area contributed by atoms with Crippen LogP contribution in [-0.2, 0) is 13.6 Å². The van der Waals surface area contributed by atoms with Gasteiger partial charge in [0, 0.05) is 33.0 Å². The number of guanidine groups is 1. The molecule has 0 saturated carbocycles. The maximum atomic E-state index is 13.5.